The Morgan fingerprint density at radius 3 is 2.23 bits per heavy atom. The van der Waals surface area contributed by atoms with Crippen molar-refractivity contribution in [1.29, 1.82) is 0 Å². The largest absolute Gasteiger partial charge is 0.394 e. The quantitative estimate of drug-likeness (QED) is 0.216. The number of fused-ring (bicyclic) bond motifs is 10. The van der Waals surface area contributed by atoms with Gasteiger partial charge in [0.05, 0.1) is 34.3 Å². The topological polar surface area (TPSA) is 148 Å². The third-order valence-electron chi connectivity index (χ3n) is 7.87. The third kappa shape index (κ3) is 3.00. The first-order chi connectivity index (χ1) is 18.6. The van der Waals surface area contributed by atoms with Gasteiger partial charge in [-0.25, -0.2) is 8.78 Å². The fourth-order valence-corrected chi connectivity index (χ4v) is 6.05. The van der Waals surface area contributed by atoms with Crippen LogP contribution in [0.25, 0.3) is 43.6 Å². The molecule has 0 spiro atoms. The number of halogens is 2. The second kappa shape index (κ2) is 8.04. The van der Waals surface area contributed by atoms with E-state index in [9.17, 15) is 38.8 Å². The van der Waals surface area contributed by atoms with E-state index in [2.05, 4.69) is 4.98 Å². The summed E-state index contributed by atoms with van der Waals surface area (Å²) in [7, 11) is 1.31. The zero-order chi connectivity index (χ0) is 27.5. The number of aromatic amines is 1. The minimum absolute atomic E-state index is 0.0194. The van der Waals surface area contributed by atoms with Crippen LogP contribution >= 0.6 is 0 Å². The minimum atomic E-state index is -1.72. The number of amides is 2. The lowest BCUT2D eigenvalue weighted by Gasteiger charge is -2.41. The second-order valence-corrected chi connectivity index (χ2v) is 9.96. The van der Waals surface area contributed by atoms with Gasteiger partial charge in [-0.05, 0) is 36.4 Å². The Balaban J connectivity index is 1.73. The average Bonchev–Trinajstić information content (AvgIpc) is 3.52. The number of hydrogen-bond donors (Lipinski definition) is 5. The normalized spacial score (nSPS) is 25.6. The summed E-state index contributed by atoms with van der Waals surface area (Å²) in [6.45, 7) is -0.679. The Morgan fingerprint density at radius 2 is 1.54 bits per heavy atom. The summed E-state index contributed by atoms with van der Waals surface area (Å²) in [6.07, 6.45) is -7.72. The van der Waals surface area contributed by atoms with E-state index in [0.717, 1.165) is 4.90 Å². The van der Waals surface area contributed by atoms with Gasteiger partial charge in [0.15, 0.2) is 6.23 Å². The standard InChI is InChI=1S/C27H21F2N3O7/c1-31-25(37)18-16-11-6-9(28)2-4-13(11)30-20(16)21-17(19(18)26(31)38)12-7-10(29)3-5-14(12)32(21)27-24(36)23(35)22(34)15(8-33)39-27/h2-7,15,22-24,27,30,33-36H,8H2,1H3/t15-,22-,23+,24-,27-/m1/s1. The lowest BCUT2D eigenvalue weighted by Crippen LogP contribution is -2.56. The van der Waals surface area contributed by atoms with Crippen molar-refractivity contribution in [2.75, 3.05) is 13.7 Å². The number of nitrogens with one attached hydrogen (secondary N) is 1. The number of hydrogen-bond acceptors (Lipinski definition) is 7. The molecule has 39 heavy (non-hydrogen) atoms. The van der Waals surface area contributed by atoms with Gasteiger partial charge in [-0.2, -0.15) is 0 Å². The Morgan fingerprint density at radius 1 is 0.897 bits per heavy atom. The molecule has 2 aromatic heterocycles. The highest BCUT2D eigenvalue weighted by atomic mass is 19.1. The molecule has 1 fully saturated rings. The van der Waals surface area contributed by atoms with Crippen molar-refractivity contribution in [3.63, 3.8) is 0 Å². The first-order valence-electron chi connectivity index (χ1n) is 12.2. The number of benzene rings is 3. The van der Waals surface area contributed by atoms with Gasteiger partial charge in [-0.1, -0.05) is 0 Å². The maximum atomic E-state index is 14.6. The third-order valence-corrected chi connectivity index (χ3v) is 7.87. The minimum Gasteiger partial charge on any atom is -0.394 e. The van der Waals surface area contributed by atoms with Crippen LogP contribution in [0.2, 0.25) is 0 Å². The van der Waals surface area contributed by atoms with Crippen molar-refractivity contribution < 1.29 is 43.5 Å². The fourth-order valence-electron chi connectivity index (χ4n) is 6.05. The number of H-pyrrole nitrogens is 1. The molecule has 2 amide bonds. The first kappa shape index (κ1) is 24.1. The van der Waals surface area contributed by atoms with Crippen molar-refractivity contribution in [3.05, 3.63) is 59.2 Å². The van der Waals surface area contributed by atoms with E-state index in [-0.39, 0.29) is 43.8 Å². The van der Waals surface area contributed by atoms with Crippen molar-refractivity contribution in [2.45, 2.75) is 30.6 Å². The lowest BCUT2D eigenvalue weighted by molar-refractivity contribution is -0.249. The van der Waals surface area contributed by atoms with Crippen LogP contribution in [0.5, 0.6) is 0 Å². The lowest BCUT2D eigenvalue weighted by atomic mass is 9.96. The molecule has 200 valence electrons. The van der Waals surface area contributed by atoms with Crippen molar-refractivity contribution in [1.82, 2.24) is 14.5 Å². The molecule has 1 saturated heterocycles. The van der Waals surface area contributed by atoms with Crippen LogP contribution in [0.1, 0.15) is 26.9 Å². The summed E-state index contributed by atoms with van der Waals surface area (Å²) >= 11 is 0. The van der Waals surface area contributed by atoms with Gasteiger partial charge in [-0.3, -0.25) is 14.5 Å². The molecule has 0 aliphatic carbocycles. The summed E-state index contributed by atoms with van der Waals surface area (Å²) in [6, 6.07) is 7.70. The molecule has 10 nitrogen and oxygen atoms in total. The maximum Gasteiger partial charge on any atom is 0.262 e. The Bertz CT molecular complexity index is 1900. The summed E-state index contributed by atoms with van der Waals surface area (Å²) in [5.41, 5.74) is 1.25. The summed E-state index contributed by atoms with van der Waals surface area (Å²) in [5.74, 6) is -2.46. The van der Waals surface area contributed by atoms with Gasteiger partial charge in [0.2, 0.25) is 0 Å². The molecule has 4 heterocycles. The molecule has 5 atom stereocenters. The molecular formula is C27H21F2N3O7. The first-order valence-corrected chi connectivity index (χ1v) is 12.2. The smallest absolute Gasteiger partial charge is 0.262 e. The predicted molar refractivity (Wildman–Crippen MR) is 134 cm³/mol. The fraction of sp³-hybridized carbons (Fsp3) is 0.259. The van der Waals surface area contributed by atoms with Crippen LogP contribution in [0.15, 0.2) is 36.4 Å². The molecule has 7 rings (SSSR count). The number of nitrogens with zero attached hydrogens (tertiary/aromatic N) is 2. The molecule has 0 radical (unpaired) electrons. The number of aromatic nitrogens is 2. The van der Waals surface area contributed by atoms with Crippen LogP contribution < -0.4 is 0 Å². The van der Waals surface area contributed by atoms with Gasteiger partial charge in [0.1, 0.15) is 36.1 Å². The Labute approximate surface area is 217 Å². The number of aliphatic hydroxyl groups excluding tert-OH is 4. The molecular weight excluding hydrogens is 516 g/mol. The molecule has 0 saturated carbocycles. The van der Waals surface area contributed by atoms with E-state index in [1.807, 2.05) is 0 Å². The molecule has 0 unspecified atom stereocenters. The average molecular weight is 537 g/mol. The summed E-state index contributed by atoms with van der Waals surface area (Å²) < 4.78 is 36.4. The molecule has 3 aromatic carbocycles. The predicted octanol–water partition coefficient (Wildman–Crippen LogP) is 1.91. The highest BCUT2D eigenvalue weighted by molar-refractivity contribution is 6.39. The van der Waals surface area contributed by atoms with Crippen LogP contribution in [-0.2, 0) is 4.74 Å². The van der Waals surface area contributed by atoms with Crippen LogP contribution in [0.3, 0.4) is 0 Å². The number of rotatable bonds is 2. The molecule has 5 N–H and O–H groups in total. The highest BCUT2D eigenvalue weighted by Crippen LogP contribution is 2.47. The number of carbonyl (C=O) groups excluding carboxylic acids is 2. The Kier molecular flexibility index (Phi) is 4.97. The molecule has 2 aliphatic heterocycles. The van der Waals surface area contributed by atoms with Gasteiger partial charge in [0, 0.05) is 34.1 Å². The molecule has 12 heteroatoms. The monoisotopic (exact) mass is 537 g/mol. The van der Waals surface area contributed by atoms with Gasteiger partial charge < -0.3 is 34.7 Å². The van der Waals surface area contributed by atoms with Crippen LogP contribution in [-0.4, -0.2) is 84.8 Å². The second-order valence-electron chi connectivity index (χ2n) is 9.96. The van der Waals surface area contributed by atoms with Crippen molar-refractivity contribution in [2.24, 2.45) is 0 Å². The molecule has 2 aliphatic rings. The van der Waals surface area contributed by atoms with Crippen LogP contribution in [0.4, 0.5) is 8.78 Å². The number of aliphatic hydroxyl groups is 4. The molecule has 0 bridgehead atoms. The number of carbonyl (C=O) groups is 2. The van der Waals surface area contributed by atoms with E-state index in [4.69, 9.17) is 4.74 Å². The van der Waals surface area contributed by atoms with Gasteiger partial charge in [-0.15, -0.1) is 0 Å². The zero-order valence-corrected chi connectivity index (χ0v) is 20.2. The Hall–Kier alpha value is -3.94. The molecule has 5 aromatic rings. The van der Waals surface area contributed by atoms with E-state index in [1.54, 1.807) is 0 Å². The zero-order valence-electron chi connectivity index (χ0n) is 20.2. The van der Waals surface area contributed by atoms with Crippen molar-refractivity contribution in [3.8, 4) is 0 Å². The summed E-state index contributed by atoms with van der Waals surface area (Å²) in [4.78, 5) is 31.0. The SMILES string of the molecule is CN1C(=O)c2c(c3c4cc(F)ccc4n([C@@H]4O[C@H](CO)[C@@H](O)[C@H](O)[C@H]4O)c3c3[nH]c4ccc(F)cc4c23)C1=O. The highest BCUT2D eigenvalue weighted by Gasteiger charge is 2.46. The van der Waals surface area contributed by atoms with E-state index in [1.165, 1.54) is 48.0 Å². The van der Waals surface area contributed by atoms with Gasteiger partial charge >= 0.3 is 0 Å². The number of ether oxygens (including phenoxy) is 1. The van der Waals surface area contributed by atoms with E-state index < -0.39 is 60.7 Å². The number of imide groups is 1. The van der Waals surface area contributed by atoms with E-state index in [0.29, 0.717) is 10.9 Å². The van der Waals surface area contributed by atoms with E-state index >= 15 is 0 Å². The maximum absolute atomic E-state index is 14.6. The van der Waals surface area contributed by atoms with Crippen LogP contribution in [0, 0.1) is 11.6 Å². The summed E-state index contributed by atoms with van der Waals surface area (Å²) in [5, 5.41) is 42.8. The van der Waals surface area contributed by atoms with Crippen molar-refractivity contribution >= 4 is 55.4 Å². The van der Waals surface area contributed by atoms with Gasteiger partial charge in [0.25, 0.3) is 11.8 Å².